The molecule has 1 aliphatic carbocycles. The summed E-state index contributed by atoms with van der Waals surface area (Å²) in [6.45, 7) is 1.99. The second kappa shape index (κ2) is 5.40. The number of thioether (sulfide) groups is 1. The first kappa shape index (κ1) is 13.5. The lowest BCUT2D eigenvalue weighted by Crippen LogP contribution is -2.23. The molecule has 1 heterocycles. The zero-order valence-corrected chi connectivity index (χ0v) is 11.4. The van der Waals surface area contributed by atoms with Crippen LogP contribution in [-0.4, -0.2) is 40.5 Å². The maximum Gasteiger partial charge on any atom is 0.272 e. The van der Waals surface area contributed by atoms with Crippen molar-refractivity contribution in [3.63, 3.8) is 0 Å². The number of carbonyl (C=O) groups is 3. The van der Waals surface area contributed by atoms with Gasteiger partial charge >= 0.3 is 0 Å². The lowest BCUT2D eigenvalue weighted by Gasteiger charge is -2.11. The van der Waals surface area contributed by atoms with Gasteiger partial charge in [0.25, 0.3) is 5.91 Å². The van der Waals surface area contributed by atoms with Crippen molar-refractivity contribution >= 4 is 29.2 Å². The van der Waals surface area contributed by atoms with Gasteiger partial charge < -0.3 is 5.32 Å². The fourth-order valence-corrected chi connectivity index (χ4v) is 2.57. The summed E-state index contributed by atoms with van der Waals surface area (Å²) in [5.74, 6) is -0.385. The van der Waals surface area contributed by atoms with Gasteiger partial charge in [-0.05, 0) is 12.2 Å². The molecule has 0 saturated heterocycles. The number of allylic oxidation sites excluding steroid dienone is 2. The summed E-state index contributed by atoms with van der Waals surface area (Å²) >= 11 is 1.32. The molecule has 0 unspecified atom stereocenters. The van der Waals surface area contributed by atoms with E-state index in [0.717, 1.165) is 12.2 Å². The van der Waals surface area contributed by atoms with Gasteiger partial charge in [0.1, 0.15) is 5.69 Å². The maximum atomic E-state index is 12.3. The number of amides is 1. The number of hydrogen-bond acceptors (Lipinski definition) is 5. The first-order valence-corrected chi connectivity index (χ1v) is 6.82. The minimum absolute atomic E-state index is 0.0291. The van der Waals surface area contributed by atoms with E-state index in [-0.39, 0.29) is 28.5 Å². The van der Waals surface area contributed by atoms with Crippen LogP contribution < -0.4 is 5.32 Å². The zero-order chi connectivity index (χ0) is 14.0. The van der Waals surface area contributed by atoms with Gasteiger partial charge in [-0.2, -0.15) is 5.10 Å². The Labute approximate surface area is 114 Å². The molecule has 0 radical (unpaired) electrons. The molecule has 19 heavy (non-hydrogen) atoms. The normalized spacial score (nSPS) is 14.1. The minimum atomic E-state index is -0.486. The summed E-state index contributed by atoms with van der Waals surface area (Å²) in [6, 6.07) is 0. The number of hydrogen-bond donors (Lipinski definition) is 2. The number of aromatic nitrogens is 2. The first-order chi connectivity index (χ1) is 9.10. The van der Waals surface area contributed by atoms with Crippen LogP contribution in [0.4, 0.5) is 0 Å². The molecule has 6 nitrogen and oxygen atoms in total. The van der Waals surface area contributed by atoms with Gasteiger partial charge in [-0.25, -0.2) is 0 Å². The van der Waals surface area contributed by atoms with Crippen molar-refractivity contribution in [2.45, 2.75) is 13.3 Å². The average molecular weight is 279 g/mol. The second-order valence-electron chi connectivity index (χ2n) is 3.95. The molecule has 1 amide bonds. The van der Waals surface area contributed by atoms with Crippen LogP contribution in [0.2, 0.25) is 0 Å². The highest BCUT2D eigenvalue weighted by molar-refractivity contribution is 8.04. The van der Waals surface area contributed by atoms with Crippen LogP contribution in [0.15, 0.2) is 11.0 Å². The van der Waals surface area contributed by atoms with E-state index in [1.165, 1.54) is 24.9 Å². The van der Waals surface area contributed by atoms with Crippen molar-refractivity contribution in [2.24, 2.45) is 0 Å². The van der Waals surface area contributed by atoms with E-state index in [1.807, 2.05) is 6.92 Å². The molecule has 7 heteroatoms. The third kappa shape index (κ3) is 2.33. The van der Waals surface area contributed by atoms with Crippen molar-refractivity contribution in [3.8, 4) is 0 Å². The van der Waals surface area contributed by atoms with Crippen LogP contribution in [0.25, 0.3) is 0 Å². The highest BCUT2D eigenvalue weighted by Gasteiger charge is 2.33. The van der Waals surface area contributed by atoms with Crippen LogP contribution in [0, 0.1) is 0 Å². The highest BCUT2D eigenvalue weighted by atomic mass is 32.2. The predicted octanol–water partition coefficient (Wildman–Crippen LogP) is 1.18. The number of nitrogens with zero attached hydrogens (tertiary/aromatic N) is 1. The molecule has 0 aliphatic heterocycles. The summed E-state index contributed by atoms with van der Waals surface area (Å²) in [6.07, 6.45) is 2.20. The Bertz CT molecular complexity index is 589. The van der Waals surface area contributed by atoms with Crippen molar-refractivity contribution in [1.29, 1.82) is 0 Å². The van der Waals surface area contributed by atoms with Crippen molar-refractivity contribution in [1.82, 2.24) is 15.5 Å². The molecule has 0 fully saturated rings. The highest BCUT2D eigenvalue weighted by Crippen LogP contribution is 2.29. The zero-order valence-electron chi connectivity index (χ0n) is 10.6. The molecular weight excluding hydrogens is 266 g/mol. The van der Waals surface area contributed by atoms with Gasteiger partial charge in [0.05, 0.1) is 10.5 Å². The smallest absolute Gasteiger partial charge is 0.272 e. The molecule has 0 spiro atoms. The van der Waals surface area contributed by atoms with Crippen molar-refractivity contribution in [3.05, 3.63) is 27.9 Å². The number of fused-ring (bicyclic) bond motifs is 1. The molecule has 1 aromatic heterocycles. The third-order valence-corrected chi connectivity index (χ3v) is 3.86. The van der Waals surface area contributed by atoms with Crippen LogP contribution in [0.5, 0.6) is 0 Å². The molecule has 0 aromatic carbocycles. The molecule has 0 bridgehead atoms. The van der Waals surface area contributed by atoms with Gasteiger partial charge in [0, 0.05) is 13.1 Å². The number of Topliss-reactive ketones (excluding diaryl/α,β-unsaturated/α-hetero) is 1. The summed E-state index contributed by atoms with van der Waals surface area (Å²) in [7, 11) is 1.45. The van der Waals surface area contributed by atoms with Gasteiger partial charge in [-0.1, -0.05) is 6.92 Å². The number of nitrogens with one attached hydrogen (secondary N) is 2. The topological polar surface area (TPSA) is 91.9 Å². The van der Waals surface area contributed by atoms with Gasteiger partial charge in [-0.3, -0.25) is 19.5 Å². The SMILES string of the molecule is CCCSC1=CC(=O)c2[nH]nc(C(=O)NC)c2C1=O. The standard InChI is InChI=1S/C12H13N3O3S/c1-3-4-19-7-5-6(16)9-8(11(7)17)10(15-14-9)12(18)13-2/h5H,3-4H2,1-2H3,(H,13,18)(H,14,15). The van der Waals surface area contributed by atoms with E-state index in [1.54, 1.807) is 0 Å². The van der Waals surface area contributed by atoms with Crippen molar-refractivity contribution < 1.29 is 14.4 Å². The average Bonchev–Trinajstić information content (AvgIpc) is 2.85. The van der Waals surface area contributed by atoms with Crippen LogP contribution >= 0.6 is 11.8 Å². The number of H-pyrrole nitrogens is 1. The molecule has 2 rings (SSSR count). The predicted molar refractivity (Wildman–Crippen MR) is 71.5 cm³/mol. The quantitative estimate of drug-likeness (QED) is 0.863. The van der Waals surface area contributed by atoms with Gasteiger partial charge in [-0.15, -0.1) is 11.8 Å². The Morgan fingerprint density at radius 3 is 2.84 bits per heavy atom. The molecule has 0 atom stereocenters. The van der Waals surface area contributed by atoms with Crippen LogP contribution in [0.3, 0.4) is 0 Å². The summed E-state index contributed by atoms with van der Waals surface area (Å²) < 4.78 is 0. The summed E-state index contributed by atoms with van der Waals surface area (Å²) in [5, 5.41) is 8.63. The number of carbonyl (C=O) groups excluding carboxylic acids is 3. The van der Waals surface area contributed by atoms with E-state index >= 15 is 0 Å². The third-order valence-electron chi connectivity index (χ3n) is 2.63. The Morgan fingerprint density at radius 2 is 2.21 bits per heavy atom. The summed E-state index contributed by atoms with van der Waals surface area (Å²) in [4.78, 5) is 36.2. The Morgan fingerprint density at radius 1 is 1.47 bits per heavy atom. The van der Waals surface area contributed by atoms with E-state index < -0.39 is 5.91 Å². The molecular formula is C12H13N3O3S. The van der Waals surface area contributed by atoms with E-state index in [4.69, 9.17) is 0 Å². The summed E-state index contributed by atoms with van der Waals surface area (Å²) in [5.41, 5.74) is 0.133. The molecule has 1 aromatic rings. The lowest BCUT2D eigenvalue weighted by atomic mass is 9.99. The van der Waals surface area contributed by atoms with Gasteiger partial charge in [0.2, 0.25) is 11.6 Å². The number of aromatic amines is 1. The Hall–Kier alpha value is -1.89. The largest absolute Gasteiger partial charge is 0.354 e. The molecule has 100 valence electrons. The van der Waals surface area contributed by atoms with E-state index in [9.17, 15) is 14.4 Å². The first-order valence-electron chi connectivity index (χ1n) is 5.84. The molecule has 2 N–H and O–H groups in total. The fraction of sp³-hybridized carbons (Fsp3) is 0.333. The Kier molecular flexibility index (Phi) is 3.84. The van der Waals surface area contributed by atoms with E-state index in [0.29, 0.717) is 4.91 Å². The lowest BCUT2D eigenvalue weighted by molar-refractivity contribution is 0.0945. The van der Waals surface area contributed by atoms with Gasteiger partial charge in [0.15, 0.2) is 5.69 Å². The van der Waals surface area contributed by atoms with Crippen LogP contribution in [0.1, 0.15) is 44.7 Å². The molecule has 1 aliphatic rings. The maximum absolute atomic E-state index is 12.3. The second-order valence-corrected chi connectivity index (χ2v) is 5.09. The monoisotopic (exact) mass is 279 g/mol. The minimum Gasteiger partial charge on any atom is -0.354 e. The van der Waals surface area contributed by atoms with E-state index in [2.05, 4.69) is 15.5 Å². The van der Waals surface area contributed by atoms with Crippen LogP contribution in [-0.2, 0) is 0 Å². The fourth-order valence-electron chi connectivity index (χ4n) is 1.72. The molecule has 0 saturated carbocycles. The number of ketones is 2. The van der Waals surface area contributed by atoms with Crippen molar-refractivity contribution in [2.75, 3.05) is 12.8 Å². The Balaban J connectivity index is 2.43. The number of rotatable bonds is 4.